The van der Waals surface area contributed by atoms with Crippen LogP contribution in [0, 0.1) is 5.92 Å². The first-order chi connectivity index (χ1) is 19.1. The highest BCUT2D eigenvalue weighted by Crippen LogP contribution is 2.31. The van der Waals surface area contributed by atoms with Gasteiger partial charge in [0.1, 0.15) is 11.9 Å². The number of fused-ring (bicyclic) bond motifs is 1. The van der Waals surface area contributed by atoms with Gasteiger partial charge in [0.15, 0.2) is 0 Å². The van der Waals surface area contributed by atoms with Crippen molar-refractivity contribution in [1.29, 1.82) is 0 Å². The molecule has 10 nitrogen and oxygen atoms in total. The van der Waals surface area contributed by atoms with E-state index in [9.17, 15) is 23.1 Å². The first-order valence-electron chi connectivity index (χ1n) is 13.9. The third-order valence-corrected chi connectivity index (χ3v) is 9.10. The number of aliphatic hydroxyl groups is 1. The number of aliphatic hydroxyl groups excluding tert-OH is 1. The van der Waals surface area contributed by atoms with E-state index in [0.717, 1.165) is 25.7 Å². The van der Waals surface area contributed by atoms with Gasteiger partial charge in [0.05, 0.1) is 29.7 Å². The molecule has 0 radical (unpaired) electrons. The van der Waals surface area contributed by atoms with Crippen molar-refractivity contribution in [3.05, 3.63) is 54.1 Å². The molecule has 4 rings (SSSR count). The molecule has 40 heavy (non-hydrogen) atoms. The van der Waals surface area contributed by atoms with E-state index in [1.165, 1.54) is 24.6 Å². The number of amides is 3. The molecule has 1 heterocycles. The first kappa shape index (κ1) is 29.7. The SMILES string of the molecule is C[C@H](CO)N1C[C@H](C)[C@@H](CN(C)C(=O)NC2CCCCC2)Oc2ccc(NS(=O)(=O)c3ccccc3)cc2C1=O. The van der Waals surface area contributed by atoms with Crippen LogP contribution in [0.15, 0.2) is 53.4 Å². The molecule has 3 atom stereocenters. The summed E-state index contributed by atoms with van der Waals surface area (Å²) in [6, 6.07) is 12.1. The maximum absolute atomic E-state index is 13.7. The molecular weight excluding hydrogens is 532 g/mol. The van der Waals surface area contributed by atoms with Crippen LogP contribution < -0.4 is 14.8 Å². The molecule has 3 N–H and O–H groups in total. The lowest BCUT2D eigenvalue weighted by atomic mass is 9.96. The van der Waals surface area contributed by atoms with E-state index in [2.05, 4.69) is 10.0 Å². The number of hydrogen-bond donors (Lipinski definition) is 3. The van der Waals surface area contributed by atoms with Crippen molar-refractivity contribution < 1.29 is 27.9 Å². The maximum Gasteiger partial charge on any atom is 0.317 e. The minimum atomic E-state index is -3.87. The molecule has 1 saturated carbocycles. The van der Waals surface area contributed by atoms with Crippen LogP contribution in [0.4, 0.5) is 10.5 Å². The number of likely N-dealkylation sites (N-methyl/N-ethyl adjacent to an activating group) is 1. The van der Waals surface area contributed by atoms with Crippen molar-refractivity contribution in [1.82, 2.24) is 15.1 Å². The summed E-state index contributed by atoms with van der Waals surface area (Å²) in [6.07, 6.45) is 4.95. The van der Waals surface area contributed by atoms with E-state index >= 15 is 0 Å². The molecule has 2 aliphatic rings. The van der Waals surface area contributed by atoms with Gasteiger partial charge in [-0.05, 0) is 50.1 Å². The second-order valence-corrected chi connectivity index (χ2v) is 12.6. The Morgan fingerprint density at radius 2 is 1.85 bits per heavy atom. The Balaban J connectivity index is 1.59. The van der Waals surface area contributed by atoms with E-state index in [1.807, 2.05) is 6.92 Å². The van der Waals surface area contributed by atoms with Crippen molar-refractivity contribution in [2.45, 2.75) is 69.0 Å². The fourth-order valence-corrected chi connectivity index (χ4v) is 6.27. The van der Waals surface area contributed by atoms with Crippen LogP contribution in [0.1, 0.15) is 56.3 Å². The third-order valence-electron chi connectivity index (χ3n) is 7.70. The molecule has 1 fully saturated rings. The summed E-state index contributed by atoms with van der Waals surface area (Å²) in [7, 11) is -2.14. The molecule has 1 aliphatic heterocycles. The molecule has 218 valence electrons. The van der Waals surface area contributed by atoms with Gasteiger partial charge in [0.2, 0.25) is 0 Å². The second kappa shape index (κ2) is 12.9. The molecule has 0 spiro atoms. The predicted molar refractivity (Wildman–Crippen MR) is 153 cm³/mol. The number of rotatable bonds is 8. The number of sulfonamides is 1. The lowest BCUT2D eigenvalue weighted by Gasteiger charge is -2.38. The van der Waals surface area contributed by atoms with Crippen LogP contribution in [-0.2, 0) is 10.0 Å². The Morgan fingerprint density at radius 3 is 2.52 bits per heavy atom. The highest BCUT2D eigenvalue weighted by Gasteiger charge is 2.34. The summed E-state index contributed by atoms with van der Waals surface area (Å²) in [6.45, 7) is 4.06. The average molecular weight is 573 g/mol. The average Bonchev–Trinajstić information content (AvgIpc) is 2.95. The Kier molecular flexibility index (Phi) is 9.57. The quantitative estimate of drug-likeness (QED) is 0.443. The van der Waals surface area contributed by atoms with Gasteiger partial charge in [0.25, 0.3) is 15.9 Å². The standard InChI is InChI=1S/C29H40N4O6S/c1-20-17-33(21(2)19-34)28(35)25-16-23(31-40(37,38)24-12-8-5-9-13-24)14-15-26(25)39-27(20)18-32(3)29(36)30-22-10-6-4-7-11-22/h5,8-9,12-16,20-22,27,31,34H,4,6-7,10-11,17-19H2,1-3H3,(H,30,36)/t20-,21+,27+/m0/s1. The summed E-state index contributed by atoms with van der Waals surface area (Å²) in [5, 5.41) is 13.0. The molecule has 11 heteroatoms. The van der Waals surface area contributed by atoms with Gasteiger partial charge in [-0.15, -0.1) is 0 Å². The Labute approximate surface area is 236 Å². The highest BCUT2D eigenvalue weighted by molar-refractivity contribution is 7.92. The Morgan fingerprint density at radius 1 is 1.15 bits per heavy atom. The number of benzene rings is 2. The minimum absolute atomic E-state index is 0.100. The number of anilines is 1. The number of ether oxygens (including phenoxy) is 1. The van der Waals surface area contributed by atoms with E-state index in [4.69, 9.17) is 4.74 Å². The zero-order chi connectivity index (χ0) is 28.9. The van der Waals surface area contributed by atoms with Crippen molar-refractivity contribution >= 4 is 27.6 Å². The van der Waals surface area contributed by atoms with Crippen LogP contribution in [0.5, 0.6) is 5.75 Å². The zero-order valence-corrected chi connectivity index (χ0v) is 24.2. The van der Waals surface area contributed by atoms with Crippen molar-refractivity contribution in [2.75, 3.05) is 31.5 Å². The fourth-order valence-electron chi connectivity index (χ4n) is 5.20. The zero-order valence-electron chi connectivity index (χ0n) is 23.4. The normalized spacial score (nSPS) is 20.9. The second-order valence-electron chi connectivity index (χ2n) is 10.9. The van der Waals surface area contributed by atoms with Crippen molar-refractivity contribution in [3.8, 4) is 5.75 Å². The third kappa shape index (κ3) is 7.06. The van der Waals surface area contributed by atoms with Gasteiger partial charge >= 0.3 is 6.03 Å². The highest BCUT2D eigenvalue weighted by atomic mass is 32.2. The number of carbonyl (C=O) groups excluding carboxylic acids is 2. The van der Waals surface area contributed by atoms with Crippen LogP contribution in [0.25, 0.3) is 0 Å². The lowest BCUT2D eigenvalue weighted by molar-refractivity contribution is 0.0366. The topological polar surface area (TPSA) is 128 Å². The summed E-state index contributed by atoms with van der Waals surface area (Å²) in [5.41, 5.74) is 0.394. The molecule has 0 saturated heterocycles. The van der Waals surface area contributed by atoms with Crippen LogP contribution >= 0.6 is 0 Å². The summed E-state index contributed by atoms with van der Waals surface area (Å²) in [5.74, 6) is -0.237. The number of hydrogen-bond acceptors (Lipinski definition) is 6. The number of urea groups is 1. The summed E-state index contributed by atoms with van der Waals surface area (Å²) >= 11 is 0. The molecule has 0 bridgehead atoms. The molecule has 0 unspecified atom stereocenters. The van der Waals surface area contributed by atoms with Crippen LogP contribution in [0.3, 0.4) is 0 Å². The Hall–Kier alpha value is -3.31. The largest absolute Gasteiger partial charge is 0.487 e. The molecule has 1 aliphatic carbocycles. The van der Waals surface area contributed by atoms with Crippen molar-refractivity contribution in [2.24, 2.45) is 5.92 Å². The summed E-state index contributed by atoms with van der Waals surface area (Å²) < 4.78 is 34.7. The lowest BCUT2D eigenvalue weighted by Crippen LogP contribution is -2.52. The molecule has 2 aromatic carbocycles. The van der Waals surface area contributed by atoms with Crippen LogP contribution in [-0.4, -0.2) is 80.2 Å². The fraction of sp³-hybridized carbons (Fsp3) is 0.517. The molecule has 3 amide bonds. The maximum atomic E-state index is 13.7. The van der Waals surface area contributed by atoms with Gasteiger partial charge in [-0.25, -0.2) is 13.2 Å². The van der Waals surface area contributed by atoms with E-state index < -0.39 is 22.2 Å². The molecule has 2 aromatic rings. The first-order valence-corrected chi connectivity index (χ1v) is 15.4. The van der Waals surface area contributed by atoms with Gasteiger partial charge in [-0.2, -0.15) is 0 Å². The van der Waals surface area contributed by atoms with Gasteiger partial charge in [-0.1, -0.05) is 44.4 Å². The van der Waals surface area contributed by atoms with Crippen LogP contribution in [0.2, 0.25) is 0 Å². The monoisotopic (exact) mass is 572 g/mol. The Bertz CT molecular complexity index is 1280. The van der Waals surface area contributed by atoms with Gasteiger partial charge in [-0.3, -0.25) is 9.52 Å². The van der Waals surface area contributed by atoms with E-state index in [-0.39, 0.29) is 53.2 Å². The smallest absolute Gasteiger partial charge is 0.317 e. The van der Waals surface area contributed by atoms with E-state index in [0.29, 0.717) is 12.3 Å². The molecular formula is C29H40N4O6S. The minimum Gasteiger partial charge on any atom is -0.487 e. The van der Waals surface area contributed by atoms with Gasteiger partial charge < -0.3 is 25.0 Å². The summed E-state index contributed by atoms with van der Waals surface area (Å²) in [4.78, 5) is 29.9. The van der Waals surface area contributed by atoms with E-state index in [1.54, 1.807) is 54.1 Å². The van der Waals surface area contributed by atoms with Crippen molar-refractivity contribution in [3.63, 3.8) is 0 Å². The predicted octanol–water partition coefficient (Wildman–Crippen LogP) is 3.68. The number of carbonyl (C=O) groups is 2. The molecule has 0 aromatic heterocycles. The van der Waals surface area contributed by atoms with Gasteiger partial charge in [0, 0.05) is 31.2 Å². The number of nitrogens with zero attached hydrogens (tertiary/aromatic N) is 2. The number of nitrogens with one attached hydrogen (secondary N) is 2.